The van der Waals surface area contributed by atoms with Crippen molar-refractivity contribution in [3.8, 4) is 0 Å². The molecule has 0 aliphatic heterocycles. The van der Waals surface area contributed by atoms with Gasteiger partial charge in [0.2, 0.25) is 0 Å². The molecular formula is C15H18FN3S. The molecule has 1 aromatic heterocycles. The third-order valence-corrected chi connectivity index (χ3v) is 3.61. The van der Waals surface area contributed by atoms with Crippen LogP contribution in [-0.4, -0.2) is 16.5 Å². The number of aromatic nitrogens is 2. The zero-order valence-corrected chi connectivity index (χ0v) is 12.5. The van der Waals surface area contributed by atoms with Crippen LogP contribution in [0.2, 0.25) is 0 Å². The molecule has 0 aliphatic carbocycles. The van der Waals surface area contributed by atoms with Crippen LogP contribution in [0.1, 0.15) is 24.9 Å². The minimum absolute atomic E-state index is 0.217. The van der Waals surface area contributed by atoms with E-state index in [4.69, 9.17) is 0 Å². The summed E-state index contributed by atoms with van der Waals surface area (Å²) in [6, 6.07) is 8.51. The molecule has 0 saturated heterocycles. The van der Waals surface area contributed by atoms with Crippen molar-refractivity contribution in [3.05, 3.63) is 47.7 Å². The number of rotatable bonds is 6. The normalized spacial score (nSPS) is 10.6. The smallest absolute Gasteiger partial charge is 0.141 e. The molecule has 0 fully saturated rings. The summed E-state index contributed by atoms with van der Waals surface area (Å²) in [5.41, 5.74) is 0.938. The maximum Gasteiger partial charge on any atom is 0.141 e. The number of halogens is 1. The maximum absolute atomic E-state index is 13.1. The molecule has 0 radical (unpaired) electrons. The lowest BCUT2D eigenvalue weighted by Crippen LogP contribution is -2.05. The first-order valence-corrected chi connectivity index (χ1v) is 7.62. The van der Waals surface area contributed by atoms with E-state index in [1.807, 2.05) is 19.1 Å². The molecule has 0 bridgehead atoms. The van der Waals surface area contributed by atoms with Gasteiger partial charge < -0.3 is 5.32 Å². The Bertz CT molecular complexity index is 575. The van der Waals surface area contributed by atoms with Crippen molar-refractivity contribution in [1.82, 2.24) is 9.97 Å². The molecule has 0 unspecified atom stereocenters. The Morgan fingerprint density at radius 3 is 2.85 bits per heavy atom. The van der Waals surface area contributed by atoms with E-state index >= 15 is 0 Å². The number of hydrogen-bond acceptors (Lipinski definition) is 4. The largest absolute Gasteiger partial charge is 0.370 e. The second-order valence-electron chi connectivity index (χ2n) is 4.48. The minimum Gasteiger partial charge on any atom is -0.370 e. The summed E-state index contributed by atoms with van der Waals surface area (Å²) in [4.78, 5) is 9.77. The van der Waals surface area contributed by atoms with Gasteiger partial charge >= 0.3 is 0 Å². The molecule has 0 amide bonds. The van der Waals surface area contributed by atoms with Gasteiger partial charge in [-0.3, -0.25) is 0 Å². The van der Waals surface area contributed by atoms with Gasteiger partial charge in [-0.25, -0.2) is 14.4 Å². The van der Waals surface area contributed by atoms with E-state index in [0.29, 0.717) is 5.75 Å². The van der Waals surface area contributed by atoms with Gasteiger partial charge in [0.05, 0.1) is 5.75 Å². The maximum atomic E-state index is 13.1. The topological polar surface area (TPSA) is 37.8 Å². The highest BCUT2D eigenvalue weighted by Crippen LogP contribution is 2.22. The van der Waals surface area contributed by atoms with Crippen LogP contribution in [0, 0.1) is 12.7 Å². The Hall–Kier alpha value is -1.62. The van der Waals surface area contributed by atoms with Gasteiger partial charge in [-0.1, -0.05) is 13.0 Å². The highest BCUT2D eigenvalue weighted by Gasteiger charge is 2.04. The van der Waals surface area contributed by atoms with E-state index in [-0.39, 0.29) is 5.82 Å². The van der Waals surface area contributed by atoms with Crippen LogP contribution in [0.15, 0.2) is 35.2 Å². The quantitative estimate of drug-likeness (QED) is 0.815. The van der Waals surface area contributed by atoms with Crippen LogP contribution in [0.5, 0.6) is 0 Å². The summed E-state index contributed by atoms with van der Waals surface area (Å²) >= 11 is 1.54. The van der Waals surface area contributed by atoms with E-state index in [1.165, 1.54) is 23.9 Å². The molecule has 1 aromatic carbocycles. The summed E-state index contributed by atoms with van der Waals surface area (Å²) in [7, 11) is 0. The number of thioether (sulfide) groups is 1. The Kier molecular flexibility index (Phi) is 5.35. The minimum atomic E-state index is -0.217. The fourth-order valence-electron chi connectivity index (χ4n) is 1.74. The number of nitrogens with one attached hydrogen (secondary N) is 1. The van der Waals surface area contributed by atoms with E-state index in [1.54, 1.807) is 6.07 Å². The summed E-state index contributed by atoms with van der Waals surface area (Å²) in [6.07, 6.45) is 1.05. The molecule has 0 spiro atoms. The van der Waals surface area contributed by atoms with Crippen molar-refractivity contribution in [3.63, 3.8) is 0 Å². The highest BCUT2D eigenvalue weighted by molar-refractivity contribution is 7.98. The summed E-state index contributed by atoms with van der Waals surface area (Å²) < 4.78 is 13.1. The molecular weight excluding hydrogens is 273 g/mol. The molecule has 20 heavy (non-hydrogen) atoms. The van der Waals surface area contributed by atoms with Gasteiger partial charge in [-0.2, -0.15) is 0 Å². The number of benzene rings is 1. The molecule has 0 aliphatic rings. The van der Waals surface area contributed by atoms with Crippen molar-refractivity contribution in [2.24, 2.45) is 0 Å². The van der Waals surface area contributed by atoms with Crippen LogP contribution >= 0.6 is 11.8 Å². The molecule has 5 heteroatoms. The zero-order valence-electron chi connectivity index (χ0n) is 11.7. The number of aryl methyl sites for hydroxylation is 1. The predicted octanol–water partition coefficient (Wildman–Crippen LogP) is 4.04. The molecule has 1 heterocycles. The van der Waals surface area contributed by atoms with Crippen LogP contribution in [-0.2, 0) is 5.75 Å². The fraction of sp³-hybridized carbons (Fsp3) is 0.333. The van der Waals surface area contributed by atoms with E-state index in [2.05, 4.69) is 22.2 Å². The molecule has 3 nitrogen and oxygen atoms in total. The third kappa shape index (κ3) is 4.49. The SMILES string of the molecule is CCCNc1cc(C)nc(CSc2cccc(F)c2)n1. The van der Waals surface area contributed by atoms with Gasteiger partial charge in [-0.15, -0.1) is 11.8 Å². The zero-order chi connectivity index (χ0) is 14.4. The molecule has 0 atom stereocenters. The Balaban J connectivity index is 2.03. The lowest BCUT2D eigenvalue weighted by atomic mass is 10.4. The molecule has 2 rings (SSSR count). The van der Waals surface area contributed by atoms with Gasteiger partial charge in [-0.05, 0) is 31.5 Å². The summed E-state index contributed by atoms with van der Waals surface area (Å²) in [5.74, 6) is 2.03. The van der Waals surface area contributed by atoms with Crippen LogP contribution in [0.4, 0.5) is 10.2 Å². The molecule has 2 aromatic rings. The standard InChI is InChI=1S/C15H18FN3S/c1-3-7-17-14-8-11(2)18-15(19-14)10-20-13-6-4-5-12(16)9-13/h4-6,8-9H,3,7,10H2,1-2H3,(H,17,18,19). The highest BCUT2D eigenvalue weighted by atomic mass is 32.2. The summed E-state index contributed by atoms with van der Waals surface area (Å²) in [6.45, 7) is 4.96. The average Bonchev–Trinajstić information content (AvgIpc) is 2.42. The van der Waals surface area contributed by atoms with Crippen LogP contribution in [0.25, 0.3) is 0 Å². The first kappa shape index (κ1) is 14.8. The van der Waals surface area contributed by atoms with Crippen LogP contribution in [0.3, 0.4) is 0 Å². The third-order valence-electron chi connectivity index (χ3n) is 2.62. The van der Waals surface area contributed by atoms with Crippen molar-refractivity contribution in [2.75, 3.05) is 11.9 Å². The first-order chi connectivity index (χ1) is 9.67. The van der Waals surface area contributed by atoms with Gasteiger partial charge in [0, 0.05) is 23.2 Å². The second-order valence-corrected chi connectivity index (χ2v) is 5.53. The van der Waals surface area contributed by atoms with E-state index < -0.39 is 0 Å². The molecule has 106 valence electrons. The average molecular weight is 291 g/mol. The molecule has 1 N–H and O–H groups in total. The van der Waals surface area contributed by atoms with Crippen molar-refractivity contribution in [1.29, 1.82) is 0 Å². The van der Waals surface area contributed by atoms with Crippen molar-refractivity contribution in [2.45, 2.75) is 30.9 Å². The molecule has 0 saturated carbocycles. The van der Waals surface area contributed by atoms with Crippen molar-refractivity contribution < 1.29 is 4.39 Å². The van der Waals surface area contributed by atoms with Gasteiger partial charge in [0.1, 0.15) is 17.5 Å². The second kappa shape index (κ2) is 7.24. The Morgan fingerprint density at radius 2 is 2.10 bits per heavy atom. The summed E-state index contributed by atoms with van der Waals surface area (Å²) in [5, 5.41) is 3.26. The first-order valence-electron chi connectivity index (χ1n) is 6.64. The van der Waals surface area contributed by atoms with E-state index in [9.17, 15) is 4.39 Å². The predicted molar refractivity (Wildman–Crippen MR) is 81.5 cm³/mol. The number of anilines is 1. The lowest BCUT2D eigenvalue weighted by molar-refractivity contribution is 0.624. The number of hydrogen-bond donors (Lipinski definition) is 1. The van der Waals surface area contributed by atoms with Gasteiger partial charge in [0.25, 0.3) is 0 Å². The number of nitrogens with zero attached hydrogens (tertiary/aromatic N) is 2. The Labute approximate surface area is 123 Å². The van der Waals surface area contributed by atoms with Crippen molar-refractivity contribution >= 4 is 17.6 Å². The van der Waals surface area contributed by atoms with E-state index in [0.717, 1.165) is 35.2 Å². The Morgan fingerprint density at radius 1 is 1.25 bits per heavy atom. The van der Waals surface area contributed by atoms with Gasteiger partial charge in [0.15, 0.2) is 0 Å². The van der Waals surface area contributed by atoms with Crippen LogP contribution < -0.4 is 5.32 Å². The lowest BCUT2D eigenvalue weighted by Gasteiger charge is -2.07. The monoisotopic (exact) mass is 291 g/mol. The fourth-order valence-corrected chi connectivity index (χ4v) is 2.54.